The van der Waals surface area contributed by atoms with Gasteiger partial charge >= 0.3 is 5.97 Å². The monoisotopic (exact) mass is 297 g/mol. The highest BCUT2D eigenvalue weighted by atomic mass is 16.6. The molecular formula is C17H19N3O2. The second-order valence-electron chi connectivity index (χ2n) is 5.67. The Bertz CT molecular complexity index is 643. The maximum Gasteiger partial charge on any atom is 0.323 e. The van der Waals surface area contributed by atoms with Crippen molar-refractivity contribution >= 4 is 5.97 Å². The molecule has 5 nitrogen and oxygen atoms in total. The first-order chi connectivity index (χ1) is 10.6. The molecule has 2 aromatic rings. The minimum absolute atomic E-state index is 0.00217. The van der Waals surface area contributed by atoms with Crippen LogP contribution in [0.3, 0.4) is 0 Å². The summed E-state index contributed by atoms with van der Waals surface area (Å²) in [5.41, 5.74) is 3.20. The lowest BCUT2D eigenvalue weighted by molar-refractivity contribution is -0.142. The number of hydrogen-bond acceptors (Lipinski definition) is 5. The van der Waals surface area contributed by atoms with E-state index in [2.05, 4.69) is 34.3 Å². The fourth-order valence-electron chi connectivity index (χ4n) is 2.70. The summed E-state index contributed by atoms with van der Waals surface area (Å²) in [4.78, 5) is 19.7. The van der Waals surface area contributed by atoms with Crippen LogP contribution in [0.25, 0.3) is 11.1 Å². The Hall–Kier alpha value is -2.27. The molecule has 0 aliphatic carbocycles. The Morgan fingerprint density at radius 1 is 1.18 bits per heavy atom. The third-order valence-corrected chi connectivity index (χ3v) is 3.93. The molecule has 2 heterocycles. The molecule has 1 aliphatic heterocycles. The van der Waals surface area contributed by atoms with E-state index in [1.165, 1.54) is 6.33 Å². The van der Waals surface area contributed by atoms with Crippen LogP contribution in [0.5, 0.6) is 0 Å². The summed E-state index contributed by atoms with van der Waals surface area (Å²) < 4.78 is 5.17. The molecule has 0 spiro atoms. The van der Waals surface area contributed by atoms with Crippen LogP contribution >= 0.6 is 0 Å². The minimum atomic E-state index is -0.216. The van der Waals surface area contributed by atoms with Gasteiger partial charge in [0.05, 0.1) is 0 Å². The number of aromatic nitrogens is 2. The quantitative estimate of drug-likeness (QED) is 0.878. The van der Waals surface area contributed by atoms with Crippen LogP contribution in [0, 0.1) is 0 Å². The molecule has 3 rings (SSSR count). The fraction of sp³-hybridized carbons (Fsp3) is 0.353. The van der Waals surface area contributed by atoms with Crippen LogP contribution in [0.2, 0.25) is 0 Å². The molecule has 1 aliphatic rings. The largest absolute Gasteiger partial charge is 0.461 e. The van der Waals surface area contributed by atoms with Gasteiger partial charge < -0.3 is 4.74 Å². The molecule has 0 bridgehead atoms. The maximum absolute atomic E-state index is 11.7. The summed E-state index contributed by atoms with van der Waals surface area (Å²) in [6.07, 6.45) is 5.82. The van der Waals surface area contributed by atoms with Gasteiger partial charge in [-0.1, -0.05) is 24.3 Å². The third-order valence-electron chi connectivity index (χ3n) is 3.93. The number of cyclic esters (lactones) is 1. The van der Waals surface area contributed by atoms with Gasteiger partial charge in [-0.25, -0.2) is 9.97 Å². The van der Waals surface area contributed by atoms with Crippen molar-refractivity contribution in [2.24, 2.45) is 0 Å². The zero-order valence-corrected chi connectivity index (χ0v) is 12.7. The topological polar surface area (TPSA) is 64.1 Å². The van der Waals surface area contributed by atoms with E-state index in [1.54, 1.807) is 12.4 Å². The molecule has 5 heteroatoms. The van der Waals surface area contributed by atoms with E-state index in [1.807, 2.05) is 19.1 Å². The summed E-state index contributed by atoms with van der Waals surface area (Å²) in [6.45, 7) is 3.97. The lowest BCUT2D eigenvalue weighted by Crippen LogP contribution is -2.35. The second-order valence-corrected chi connectivity index (χ2v) is 5.67. The van der Waals surface area contributed by atoms with Crippen LogP contribution in [-0.2, 0) is 9.53 Å². The molecule has 0 amide bonds. The molecule has 114 valence electrons. The summed E-state index contributed by atoms with van der Waals surface area (Å²) >= 11 is 0. The van der Waals surface area contributed by atoms with Gasteiger partial charge in [0.2, 0.25) is 0 Å². The predicted molar refractivity (Wildman–Crippen MR) is 83.0 cm³/mol. The molecule has 1 aromatic carbocycles. The first-order valence-corrected chi connectivity index (χ1v) is 7.45. The van der Waals surface area contributed by atoms with E-state index in [0.29, 0.717) is 0 Å². The number of esters is 1. The number of benzene rings is 1. The van der Waals surface area contributed by atoms with Crippen molar-refractivity contribution in [3.63, 3.8) is 0 Å². The van der Waals surface area contributed by atoms with Crippen molar-refractivity contribution in [3.05, 3.63) is 48.5 Å². The summed E-state index contributed by atoms with van der Waals surface area (Å²) in [7, 11) is 0. The van der Waals surface area contributed by atoms with Crippen molar-refractivity contribution in [1.82, 2.24) is 15.3 Å². The number of rotatable bonds is 4. The van der Waals surface area contributed by atoms with Crippen molar-refractivity contribution in [2.45, 2.75) is 38.5 Å². The van der Waals surface area contributed by atoms with Crippen LogP contribution in [0.1, 0.15) is 31.9 Å². The van der Waals surface area contributed by atoms with Gasteiger partial charge in [-0.15, -0.1) is 0 Å². The predicted octanol–water partition coefficient (Wildman–Crippen LogP) is 2.50. The number of carbonyl (C=O) groups excluding carboxylic acids is 1. The van der Waals surface area contributed by atoms with E-state index in [4.69, 9.17) is 4.74 Å². The lowest BCUT2D eigenvalue weighted by atomic mass is 10.0. The molecule has 1 fully saturated rings. The molecule has 0 radical (unpaired) electrons. The molecule has 1 N–H and O–H groups in total. The molecular weight excluding hydrogens is 278 g/mol. The van der Waals surface area contributed by atoms with Gasteiger partial charge in [0.25, 0.3) is 0 Å². The van der Waals surface area contributed by atoms with Gasteiger partial charge in [0, 0.05) is 30.4 Å². The average molecular weight is 297 g/mol. The molecule has 0 saturated carbocycles. The van der Waals surface area contributed by atoms with E-state index < -0.39 is 0 Å². The van der Waals surface area contributed by atoms with Crippen molar-refractivity contribution in [3.8, 4) is 11.1 Å². The Kier molecular flexibility index (Phi) is 4.15. The third kappa shape index (κ3) is 3.14. The summed E-state index contributed by atoms with van der Waals surface area (Å²) in [6, 6.07) is 8.08. The molecule has 22 heavy (non-hydrogen) atoms. The van der Waals surface area contributed by atoms with Crippen LogP contribution in [0.4, 0.5) is 0 Å². The van der Waals surface area contributed by atoms with E-state index in [0.717, 1.165) is 23.1 Å². The zero-order valence-electron chi connectivity index (χ0n) is 12.7. The molecule has 3 unspecified atom stereocenters. The maximum atomic E-state index is 11.7. The summed E-state index contributed by atoms with van der Waals surface area (Å²) in [5.74, 6) is -0.155. The lowest BCUT2D eigenvalue weighted by Gasteiger charge is -2.17. The normalized spacial score (nSPS) is 22.4. The van der Waals surface area contributed by atoms with Crippen LogP contribution in [0.15, 0.2) is 43.0 Å². The first-order valence-electron chi connectivity index (χ1n) is 7.45. The van der Waals surface area contributed by atoms with Gasteiger partial charge in [0.1, 0.15) is 18.5 Å². The van der Waals surface area contributed by atoms with Gasteiger partial charge in [-0.05, 0) is 25.0 Å². The van der Waals surface area contributed by atoms with E-state index in [9.17, 15) is 4.79 Å². The number of hydrogen-bond donors (Lipinski definition) is 1. The number of ether oxygens (including phenoxy) is 1. The average Bonchev–Trinajstić information content (AvgIpc) is 2.86. The Morgan fingerprint density at radius 3 is 2.45 bits per heavy atom. The van der Waals surface area contributed by atoms with Crippen molar-refractivity contribution in [1.29, 1.82) is 0 Å². The Morgan fingerprint density at radius 2 is 1.86 bits per heavy atom. The Labute approximate surface area is 129 Å². The van der Waals surface area contributed by atoms with Gasteiger partial charge in [-0.3, -0.25) is 10.1 Å². The van der Waals surface area contributed by atoms with Crippen molar-refractivity contribution < 1.29 is 9.53 Å². The number of nitrogens with one attached hydrogen (secondary N) is 1. The second kappa shape index (κ2) is 6.23. The van der Waals surface area contributed by atoms with Crippen molar-refractivity contribution in [2.75, 3.05) is 0 Å². The number of nitrogens with zero attached hydrogens (tertiary/aromatic N) is 2. The van der Waals surface area contributed by atoms with E-state index >= 15 is 0 Å². The first kappa shape index (κ1) is 14.7. The van der Waals surface area contributed by atoms with Crippen LogP contribution < -0.4 is 5.32 Å². The molecule has 1 aromatic heterocycles. The number of carbonyl (C=O) groups is 1. The SMILES string of the molecule is CC1CC(NC(C)c2ccc(-c3cncnc3)cc2)C(=O)O1. The fourth-order valence-corrected chi connectivity index (χ4v) is 2.70. The van der Waals surface area contributed by atoms with Gasteiger partial charge in [0.15, 0.2) is 0 Å². The standard InChI is InChI=1S/C17H19N3O2/c1-11-7-16(17(21)22-11)20-12(2)13-3-5-14(6-4-13)15-8-18-10-19-9-15/h3-6,8-12,16,20H,7H2,1-2H3. The highest BCUT2D eigenvalue weighted by molar-refractivity contribution is 5.78. The van der Waals surface area contributed by atoms with Gasteiger partial charge in [-0.2, -0.15) is 0 Å². The Balaban J connectivity index is 1.69. The molecule has 1 saturated heterocycles. The highest BCUT2D eigenvalue weighted by Gasteiger charge is 2.32. The highest BCUT2D eigenvalue weighted by Crippen LogP contribution is 2.22. The minimum Gasteiger partial charge on any atom is -0.461 e. The zero-order chi connectivity index (χ0) is 15.5. The van der Waals surface area contributed by atoms with E-state index in [-0.39, 0.29) is 24.2 Å². The molecule has 3 atom stereocenters. The van der Waals surface area contributed by atoms with Crippen LogP contribution in [-0.4, -0.2) is 28.1 Å². The smallest absolute Gasteiger partial charge is 0.323 e. The summed E-state index contributed by atoms with van der Waals surface area (Å²) in [5, 5.41) is 3.34.